The predicted molar refractivity (Wildman–Crippen MR) is 138 cm³/mol. The molecule has 0 aliphatic carbocycles. The number of carbonyl (C=O) groups excluding carboxylic acids is 2. The van der Waals surface area contributed by atoms with Crippen LogP contribution in [0.25, 0.3) is 16.7 Å². The van der Waals surface area contributed by atoms with E-state index in [0.717, 1.165) is 32.8 Å². The summed E-state index contributed by atoms with van der Waals surface area (Å²) in [5.74, 6) is -0.896. The van der Waals surface area contributed by atoms with Crippen LogP contribution in [-0.2, 0) is 9.53 Å². The van der Waals surface area contributed by atoms with Crippen LogP contribution >= 0.6 is 11.3 Å². The SMILES string of the molecule is CCOC(=O)c1c(NC(=O)C(C)n2c(=O)cc(C)c3c(C)nn(-c4ccccc4)c32)sc(C)c1C. The molecular weight excluding hydrogens is 464 g/mol. The summed E-state index contributed by atoms with van der Waals surface area (Å²) in [6, 6.07) is 10.1. The van der Waals surface area contributed by atoms with E-state index in [1.807, 2.05) is 58.0 Å². The second kappa shape index (κ2) is 9.50. The van der Waals surface area contributed by atoms with Crippen molar-refractivity contribution >= 4 is 39.2 Å². The van der Waals surface area contributed by atoms with Crippen LogP contribution in [0.2, 0.25) is 0 Å². The van der Waals surface area contributed by atoms with Crippen molar-refractivity contribution in [1.29, 1.82) is 0 Å². The zero-order valence-electron chi connectivity index (χ0n) is 20.6. The first kappa shape index (κ1) is 24.4. The Morgan fingerprint density at radius 1 is 1.14 bits per heavy atom. The van der Waals surface area contributed by atoms with E-state index < -0.39 is 17.9 Å². The van der Waals surface area contributed by atoms with Crippen molar-refractivity contribution in [2.45, 2.75) is 47.6 Å². The van der Waals surface area contributed by atoms with Crippen LogP contribution in [0.3, 0.4) is 0 Å². The second-order valence-electron chi connectivity index (χ2n) is 8.44. The summed E-state index contributed by atoms with van der Waals surface area (Å²) in [5.41, 5.74) is 3.69. The maximum absolute atomic E-state index is 13.5. The summed E-state index contributed by atoms with van der Waals surface area (Å²) >= 11 is 1.31. The van der Waals surface area contributed by atoms with E-state index in [9.17, 15) is 14.4 Å². The molecule has 9 heteroatoms. The highest BCUT2D eigenvalue weighted by Gasteiger charge is 2.27. The standard InChI is InChI=1S/C26H28N4O4S/c1-7-34-26(33)22-15(3)18(6)35-24(22)27-23(32)17(5)29-20(31)13-14(2)21-16(4)28-30(25(21)29)19-11-9-8-10-12-19/h8-13,17H,7H2,1-6H3,(H,27,32). The molecule has 0 saturated carbocycles. The molecule has 1 N–H and O–H groups in total. The zero-order valence-corrected chi connectivity index (χ0v) is 21.4. The molecular formula is C26H28N4O4S. The molecule has 35 heavy (non-hydrogen) atoms. The van der Waals surface area contributed by atoms with Gasteiger partial charge in [-0.05, 0) is 64.8 Å². The van der Waals surface area contributed by atoms with Gasteiger partial charge in [0.25, 0.3) is 5.56 Å². The van der Waals surface area contributed by atoms with Gasteiger partial charge in [0.15, 0.2) is 0 Å². The van der Waals surface area contributed by atoms with Gasteiger partial charge in [-0.3, -0.25) is 14.2 Å². The smallest absolute Gasteiger partial charge is 0.341 e. The van der Waals surface area contributed by atoms with E-state index in [1.165, 1.54) is 22.0 Å². The van der Waals surface area contributed by atoms with E-state index >= 15 is 0 Å². The monoisotopic (exact) mass is 492 g/mol. The molecule has 4 aromatic rings. The van der Waals surface area contributed by atoms with Crippen LogP contribution < -0.4 is 10.9 Å². The average molecular weight is 493 g/mol. The first-order valence-corrected chi connectivity index (χ1v) is 12.2. The van der Waals surface area contributed by atoms with Crippen LogP contribution in [0.15, 0.2) is 41.2 Å². The molecule has 182 valence electrons. The first-order chi connectivity index (χ1) is 16.6. The first-order valence-electron chi connectivity index (χ1n) is 11.4. The topological polar surface area (TPSA) is 95.2 Å². The van der Waals surface area contributed by atoms with Crippen molar-refractivity contribution in [1.82, 2.24) is 14.3 Å². The summed E-state index contributed by atoms with van der Waals surface area (Å²) in [6.45, 7) is 11.1. The molecule has 0 fully saturated rings. The predicted octanol–water partition coefficient (Wildman–Crippen LogP) is 4.86. The summed E-state index contributed by atoms with van der Waals surface area (Å²) in [7, 11) is 0. The third kappa shape index (κ3) is 4.27. The molecule has 0 radical (unpaired) electrons. The quantitative estimate of drug-likeness (QED) is 0.388. The largest absolute Gasteiger partial charge is 0.462 e. The van der Waals surface area contributed by atoms with Crippen LogP contribution in [0.4, 0.5) is 5.00 Å². The minimum Gasteiger partial charge on any atom is -0.462 e. The number of carbonyl (C=O) groups is 2. The van der Waals surface area contributed by atoms with Crippen LogP contribution in [0, 0.1) is 27.7 Å². The Hall–Kier alpha value is -3.72. The minimum absolute atomic E-state index is 0.233. The van der Waals surface area contributed by atoms with E-state index in [2.05, 4.69) is 10.4 Å². The Balaban J connectivity index is 1.83. The van der Waals surface area contributed by atoms with Crippen LogP contribution in [0.1, 0.15) is 51.9 Å². The number of anilines is 1. The van der Waals surface area contributed by atoms with E-state index in [4.69, 9.17) is 4.74 Å². The van der Waals surface area contributed by atoms with Gasteiger partial charge < -0.3 is 10.1 Å². The van der Waals surface area contributed by atoms with Gasteiger partial charge in [-0.2, -0.15) is 5.10 Å². The minimum atomic E-state index is -0.873. The fourth-order valence-electron chi connectivity index (χ4n) is 4.25. The highest BCUT2D eigenvalue weighted by atomic mass is 32.1. The molecule has 1 aromatic carbocycles. The maximum atomic E-state index is 13.5. The number of nitrogens with zero attached hydrogens (tertiary/aromatic N) is 3. The van der Waals surface area contributed by atoms with Crippen molar-refractivity contribution in [2.75, 3.05) is 11.9 Å². The third-order valence-corrected chi connectivity index (χ3v) is 7.23. The molecule has 0 spiro atoms. The van der Waals surface area contributed by atoms with Gasteiger partial charge in [0.1, 0.15) is 16.7 Å². The molecule has 8 nitrogen and oxygen atoms in total. The number of amides is 1. The second-order valence-corrected chi connectivity index (χ2v) is 9.66. The number of ether oxygens (including phenoxy) is 1. The number of esters is 1. The molecule has 0 aliphatic rings. The number of aryl methyl sites for hydroxylation is 3. The number of pyridine rings is 1. The summed E-state index contributed by atoms with van der Waals surface area (Å²) in [4.78, 5) is 40.2. The lowest BCUT2D eigenvalue weighted by molar-refractivity contribution is -0.118. The number of benzene rings is 1. The molecule has 0 saturated heterocycles. The third-order valence-electron chi connectivity index (χ3n) is 6.11. The number of thiophene rings is 1. The highest BCUT2D eigenvalue weighted by molar-refractivity contribution is 7.16. The van der Waals surface area contributed by atoms with E-state index in [-0.39, 0.29) is 12.2 Å². The Morgan fingerprint density at radius 2 is 1.83 bits per heavy atom. The van der Waals surface area contributed by atoms with Gasteiger partial charge >= 0.3 is 5.97 Å². The number of hydrogen-bond acceptors (Lipinski definition) is 6. The molecule has 1 atom stereocenters. The number of para-hydroxylation sites is 1. The molecule has 4 rings (SSSR count). The molecule has 3 aromatic heterocycles. The van der Waals surface area contributed by atoms with Crippen molar-refractivity contribution in [2.24, 2.45) is 0 Å². The van der Waals surface area contributed by atoms with Gasteiger partial charge in [0.2, 0.25) is 5.91 Å². The van der Waals surface area contributed by atoms with Crippen molar-refractivity contribution in [3.63, 3.8) is 0 Å². The van der Waals surface area contributed by atoms with E-state index in [0.29, 0.717) is 16.2 Å². The van der Waals surface area contributed by atoms with Crippen molar-refractivity contribution in [3.05, 3.63) is 74.0 Å². The summed E-state index contributed by atoms with van der Waals surface area (Å²) in [6.07, 6.45) is 0. The molecule has 0 bridgehead atoms. The fraction of sp³-hybridized carbons (Fsp3) is 0.308. The Kier molecular flexibility index (Phi) is 6.62. The van der Waals surface area contributed by atoms with Crippen LogP contribution in [-0.4, -0.2) is 32.8 Å². The summed E-state index contributed by atoms with van der Waals surface area (Å²) < 4.78 is 8.36. The number of rotatable bonds is 6. The average Bonchev–Trinajstić information content (AvgIpc) is 3.30. The molecule has 0 aliphatic heterocycles. The van der Waals surface area contributed by atoms with Gasteiger partial charge in [0.05, 0.1) is 23.6 Å². The normalized spacial score (nSPS) is 12.1. The van der Waals surface area contributed by atoms with Gasteiger partial charge in [0, 0.05) is 16.3 Å². The highest BCUT2D eigenvalue weighted by Crippen LogP contribution is 2.34. The van der Waals surface area contributed by atoms with Crippen LogP contribution in [0.5, 0.6) is 0 Å². The van der Waals surface area contributed by atoms with Gasteiger partial charge in [-0.15, -0.1) is 11.3 Å². The zero-order chi connectivity index (χ0) is 25.4. The molecule has 1 unspecified atom stereocenters. The number of fused-ring (bicyclic) bond motifs is 1. The Morgan fingerprint density at radius 3 is 2.49 bits per heavy atom. The maximum Gasteiger partial charge on any atom is 0.341 e. The van der Waals surface area contributed by atoms with Gasteiger partial charge in [-0.25, -0.2) is 9.48 Å². The lowest BCUT2D eigenvalue weighted by atomic mass is 10.1. The Bertz CT molecular complexity index is 1500. The number of hydrogen-bond donors (Lipinski definition) is 1. The number of nitrogens with one attached hydrogen (secondary N) is 1. The number of aromatic nitrogens is 3. The van der Waals surface area contributed by atoms with Crippen molar-refractivity contribution < 1.29 is 14.3 Å². The fourth-order valence-corrected chi connectivity index (χ4v) is 5.30. The van der Waals surface area contributed by atoms with Crippen molar-refractivity contribution in [3.8, 4) is 5.69 Å². The lowest BCUT2D eigenvalue weighted by Crippen LogP contribution is -2.32. The lowest BCUT2D eigenvalue weighted by Gasteiger charge is -2.18. The summed E-state index contributed by atoms with van der Waals surface area (Å²) in [5, 5.41) is 8.80. The van der Waals surface area contributed by atoms with E-state index in [1.54, 1.807) is 18.5 Å². The Labute approximate surface area is 207 Å². The van der Waals surface area contributed by atoms with Gasteiger partial charge in [-0.1, -0.05) is 18.2 Å². The molecule has 1 amide bonds. The molecule has 3 heterocycles.